The first kappa shape index (κ1) is 18.9. The highest BCUT2D eigenvalue weighted by Crippen LogP contribution is 2.20. The normalized spacial score (nSPS) is 14.1. The van der Waals surface area contributed by atoms with Gasteiger partial charge in [-0.15, -0.1) is 0 Å². The van der Waals surface area contributed by atoms with Gasteiger partial charge in [0.05, 0.1) is 13.5 Å². The molecule has 1 aromatic carbocycles. The molecule has 0 bridgehead atoms. The molecule has 3 heterocycles. The van der Waals surface area contributed by atoms with Crippen LogP contribution < -0.4 is 9.64 Å². The van der Waals surface area contributed by atoms with E-state index in [0.717, 1.165) is 41.6 Å². The molecule has 0 radical (unpaired) electrons. The van der Waals surface area contributed by atoms with E-state index >= 15 is 0 Å². The van der Waals surface area contributed by atoms with Gasteiger partial charge in [0.25, 0.3) is 0 Å². The average molecular weight is 392 g/mol. The lowest BCUT2D eigenvalue weighted by molar-refractivity contribution is -0.130. The molecular weight excluding hydrogens is 368 g/mol. The molecule has 2 aromatic heterocycles. The molecule has 8 heteroatoms. The summed E-state index contributed by atoms with van der Waals surface area (Å²) in [6.07, 6.45) is 5.53. The summed E-state index contributed by atoms with van der Waals surface area (Å²) in [5, 5.41) is 4.21. The number of carbonyl (C=O) groups excluding carboxylic acids is 1. The second-order valence-electron chi connectivity index (χ2n) is 7.03. The van der Waals surface area contributed by atoms with Crippen molar-refractivity contribution in [3.63, 3.8) is 0 Å². The van der Waals surface area contributed by atoms with Crippen molar-refractivity contribution in [2.45, 2.75) is 13.3 Å². The Morgan fingerprint density at radius 3 is 2.59 bits per heavy atom. The van der Waals surface area contributed by atoms with Crippen molar-refractivity contribution in [1.29, 1.82) is 0 Å². The number of aromatic nitrogens is 4. The molecule has 0 unspecified atom stereocenters. The molecule has 1 aliphatic rings. The monoisotopic (exact) mass is 392 g/mol. The Hall–Kier alpha value is -3.42. The Kier molecular flexibility index (Phi) is 5.41. The fourth-order valence-electron chi connectivity index (χ4n) is 3.56. The Balaban J connectivity index is 1.36. The zero-order valence-electron chi connectivity index (χ0n) is 16.7. The van der Waals surface area contributed by atoms with E-state index in [1.165, 1.54) is 0 Å². The second-order valence-corrected chi connectivity index (χ2v) is 7.03. The smallest absolute Gasteiger partial charge is 0.227 e. The number of anilines is 1. The predicted octanol–water partition coefficient (Wildman–Crippen LogP) is 1.87. The number of ether oxygens (including phenoxy) is 1. The SMILES string of the molecule is COc1ccc(CC(=O)N2CCN(c3cc(-n4cccn4)ncn3)CC2)cc1C. The van der Waals surface area contributed by atoms with Crippen molar-refractivity contribution in [2.75, 3.05) is 38.2 Å². The maximum absolute atomic E-state index is 12.7. The number of amides is 1. The van der Waals surface area contributed by atoms with Crippen molar-refractivity contribution in [2.24, 2.45) is 0 Å². The Morgan fingerprint density at radius 2 is 1.90 bits per heavy atom. The summed E-state index contributed by atoms with van der Waals surface area (Å²) < 4.78 is 7.00. The topological polar surface area (TPSA) is 76.4 Å². The summed E-state index contributed by atoms with van der Waals surface area (Å²) >= 11 is 0. The van der Waals surface area contributed by atoms with Gasteiger partial charge in [0.15, 0.2) is 5.82 Å². The van der Waals surface area contributed by atoms with Crippen LogP contribution >= 0.6 is 0 Å². The molecule has 1 amide bonds. The lowest BCUT2D eigenvalue weighted by Crippen LogP contribution is -2.49. The third-order valence-corrected chi connectivity index (χ3v) is 5.15. The molecule has 4 rings (SSSR count). The lowest BCUT2D eigenvalue weighted by Gasteiger charge is -2.35. The zero-order valence-corrected chi connectivity index (χ0v) is 16.7. The first-order chi connectivity index (χ1) is 14.1. The molecule has 8 nitrogen and oxygen atoms in total. The van der Waals surface area contributed by atoms with E-state index in [2.05, 4.69) is 20.0 Å². The standard InChI is InChI=1S/C21H24N6O2/c1-16-12-17(4-5-18(16)29-2)13-21(28)26-10-8-25(9-11-26)19-14-20(23-15-22-19)27-7-3-6-24-27/h3-7,12,14-15H,8-11,13H2,1-2H3. The van der Waals surface area contributed by atoms with Gasteiger partial charge in [-0.3, -0.25) is 4.79 Å². The van der Waals surface area contributed by atoms with Gasteiger partial charge in [-0.2, -0.15) is 5.10 Å². The van der Waals surface area contributed by atoms with Crippen LogP contribution in [-0.2, 0) is 11.2 Å². The maximum atomic E-state index is 12.7. The van der Waals surface area contributed by atoms with Gasteiger partial charge in [-0.1, -0.05) is 12.1 Å². The molecule has 1 aliphatic heterocycles. The minimum Gasteiger partial charge on any atom is -0.496 e. The van der Waals surface area contributed by atoms with Crippen LogP contribution in [0.1, 0.15) is 11.1 Å². The fourth-order valence-corrected chi connectivity index (χ4v) is 3.56. The molecule has 0 spiro atoms. The molecule has 150 valence electrons. The Bertz CT molecular complexity index is 981. The van der Waals surface area contributed by atoms with Crippen LogP contribution in [0, 0.1) is 6.92 Å². The largest absolute Gasteiger partial charge is 0.496 e. The molecule has 0 N–H and O–H groups in total. The van der Waals surface area contributed by atoms with Crippen LogP contribution in [0.2, 0.25) is 0 Å². The summed E-state index contributed by atoms with van der Waals surface area (Å²) in [4.78, 5) is 25.5. The maximum Gasteiger partial charge on any atom is 0.227 e. The summed E-state index contributed by atoms with van der Waals surface area (Å²) in [6.45, 7) is 4.82. The van der Waals surface area contributed by atoms with Crippen molar-refractivity contribution in [3.05, 3.63) is 60.2 Å². The number of nitrogens with zero attached hydrogens (tertiary/aromatic N) is 6. The van der Waals surface area contributed by atoms with Gasteiger partial charge >= 0.3 is 0 Å². The van der Waals surface area contributed by atoms with E-state index in [4.69, 9.17) is 4.74 Å². The minimum absolute atomic E-state index is 0.147. The zero-order chi connectivity index (χ0) is 20.2. The van der Waals surface area contributed by atoms with Crippen LogP contribution in [0.4, 0.5) is 5.82 Å². The number of rotatable bonds is 5. The quantitative estimate of drug-likeness (QED) is 0.660. The number of hydrogen-bond donors (Lipinski definition) is 0. The molecule has 0 saturated carbocycles. The van der Waals surface area contributed by atoms with E-state index in [0.29, 0.717) is 19.5 Å². The first-order valence-corrected chi connectivity index (χ1v) is 9.62. The highest BCUT2D eigenvalue weighted by Gasteiger charge is 2.22. The molecule has 0 atom stereocenters. The van der Waals surface area contributed by atoms with Crippen molar-refractivity contribution in [1.82, 2.24) is 24.6 Å². The van der Waals surface area contributed by atoms with Gasteiger partial charge in [-0.05, 0) is 30.2 Å². The van der Waals surface area contributed by atoms with Crippen LogP contribution in [0.5, 0.6) is 5.75 Å². The van der Waals surface area contributed by atoms with E-state index in [1.807, 2.05) is 48.4 Å². The number of benzene rings is 1. The van der Waals surface area contributed by atoms with Gasteiger partial charge in [0.1, 0.15) is 17.9 Å². The van der Waals surface area contributed by atoms with E-state index in [-0.39, 0.29) is 5.91 Å². The average Bonchev–Trinajstić information content (AvgIpc) is 3.29. The van der Waals surface area contributed by atoms with Crippen molar-refractivity contribution < 1.29 is 9.53 Å². The molecule has 29 heavy (non-hydrogen) atoms. The van der Waals surface area contributed by atoms with Crippen LogP contribution in [0.15, 0.2) is 49.1 Å². The third kappa shape index (κ3) is 4.21. The van der Waals surface area contributed by atoms with Gasteiger partial charge in [0, 0.05) is 44.6 Å². The highest BCUT2D eigenvalue weighted by molar-refractivity contribution is 5.79. The summed E-state index contributed by atoms with van der Waals surface area (Å²) in [7, 11) is 1.66. The third-order valence-electron chi connectivity index (χ3n) is 5.15. The van der Waals surface area contributed by atoms with E-state index in [1.54, 1.807) is 24.3 Å². The number of carbonyl (C=O) groups is 1. The number of hydrogen-bond acceptors (Lipinski definition) is 6. The number of methoxy groups -OCH3 is 1. The van der Waals surface area contributed by atoms with Gasteiger partial charge < -0.3 is 14.5 Å². The van der Waals surface area contributed by atoms with Gasteiger partial charge in [-0.25, -0.2) is 14.6 Å². The minimum atomic E-state index is 0.147. The summed E-state index contributed by atoms with van der Waals surface area (Å²) in [6, 6.07) is 9.67. The number of aryl methyl sites for hydroxylation is 1. The van der Waals surface area contributed by atoms with Crippen LogP contribution in [-0.4, -0.2) is 63.8 Å². The molecule has 3 aromatic rings. The van der Waals surface area contributed by atoms with Crippen LogP contribution in [0.25, 0.3) is 5.82 Å². The molecule has 0 aliphatic carbocycles. The van der Waals surface area contributed by atoms with Crippen LogP contribution in [0.3, 0.4) is 0 Å². The van der Waals surface area contributed by atoms with Crippen molar-refractivity contribution in [3.8, 4) is 11.6 Å². The Morgan fingerprint density at radius 1 is 1.10 bits per heavy atom. The summed E-state index contributed by atoms with van der Waals surface area (Å²) in [5.74, 6) is 2.57. The molecular formula is C21H24N6O2. The fraction of sp³-hybridized carbons (Fsp3) is 0.333. The van der Waals surface area contributed by atoms with E-state index in [9.17, 15) is 4.79 Å². The van der Waals surface area contributed by atoms with Crippen molar-refractivity contribution >= 4 is 11.7 Å². The Labute approximate surface area is 169 Å². The summed E-state index contributed by atoms with van der Waals surface area (Å²) in [5.41, 5.74) is 2.05. The predicted molar refractivity (Wildman–Crippen MR) is 109 cm³/mol. The number of piperazine rings is 1. The molecule has 1 saturated heterocycles. The molecule has 1 fully saturated rings. The lowest BCUT2D eigenvalue weighted by atomic mass is 10.1. The second kappa shape index (κ2) is 8.30. The van der Waals surface area contributed by atoms with Gasteiger partial charge in [0.2, 0.25) is 5.91 Å². The highest BCUT2D eigenvalue weighted by atomic mass is 16.5. The van der Waals surface area contributed by atoms with E-state index < -0.39 is 0 Å². The first-order valence-electron chi connectivity index (χ1n) is 9.62.